The highest BCUT2D eigenvalue weighted by Gasteiger charge is 2.32. The molecule has 0 bridgehead atoms. The van der Waals surface area contributed by atoms with E-state index in [9.17, 15) is 13.2 Å². The van der Waals surface area contributed by atoms with E-state index in [4.69, 9.17) is 0 Å². The lowest BCUT2D eigenvalue weighted by Gasteiger charge is -2.30. The minimum atomic E-state index is -3.49. The Morgan fingerprint density at radius 3 is 2.39 bits per heavy atom. The van der Waals surface area contributed by atoms with Crippen molar-refractivity contribution in [3.63, 3.8) is 0 Å². The van der Waals surface area contributed by atoms with Crippen molar-refractivity contribution in [2.45, 2.75) is 43.9 Å². The lowest BCUT2D eigenvalue weighted by Crippen LogP contribution is -2.41. The first-order valence-electron chi connectivity index (χ1n) is 9.93. The molecule has 6 heteroatoms. The molecule has 148 valence electrons. The summed E-state index contributed by atoms with van der Waals surface area (Å²) in [5, 5.41) is 3.03. The maximum Gasteiger partial charge on any atom is 0.243 e. The normalized spacial score (nSPS) is 18.0. The third-order valence-corrected chi connectivity index (χ3v) is 7.76. The van der Waals surface area contributed by atoms with Gasteiger partial charge in [-0.3, -0.25) is 4.79 Å². The molecule has 2 aliphatic rings. The van der Waals surface area contributed by atoms with Gasteiger partial charge in [0.25, 0.3) is 0 Å². The summed E-state index contributed by atoms with van der Waals surface area (Å²) in [6.45, 7) is 2.68. The molecule has 0 atom stereocenters. The SMILES string of the molecule is Cc1ccc(S(=O)(=O)N2CCC(C(=O)Nc3ccc4c(c3)CCC4)CC2)cc1. The van der Waals surface area contributed by atoms with Gasteiger partial charge in [-0.25, -0.2) is 8.42 Å². The van der Waals surface area contributed by atoms with Crippen molar-refractivity contribution in [3.05, 3.63) is 59.2 Å². The number of carbonyl (C=O) groups is 1. The van der Waals surface area contributed by atoms with Crippen LogP contribution in [0, 0.1) is 12.8 Å². The van der Waals surface area contributed by atoms with Crippen LogP contribution in [0.3, 0.4) is 0 Å². The minimum absolute atomic E-state index is 0.00895. The molecule has 1 amide bonds. The average molecular weight is 399 g/mol. The van der Waals surface area contributed by atoms with E-state index >= 15 is 0 Å². The van der Waals surface area contributed by atoms with Gasteiger partial charge in [-0.05, 0) is 74.4 Å². The molecule has 1 heterocycles. The van der Waals surface area contributed by atoms with Crippen molar-refractivity contribution in [2.24, 2.45) is 5.92 Å². The zero-order chi connectivity index (χ0) is 19.7. The van der Waals surface area contributed by atoms with Gasteiger partial charge in [0.05, 0.1) is 4.90 Å². The fraction of sp³-hybridized carbons (Fsp3) is 0.409. The lowest BCUT2D eigenvalue weighted by molar-refractivity contribution is -0.120. The fourth-order valence-corrected chi connectivity index (χ4v) is 5.58. The average Bonchev–Trinajstić information content (AvgIpc) is 3.16. The third-order valence-electron chi connectivity index (χ3n) is 5.85. The van der Waals surface area contributed by atoms with Gasteiger partial charge in [0.1, 0.15) is 0 Å². The number of sulfonamides is 1. The van der Waals surface area contributed by atoms with Gasteiger partial charge in [-0.2, -0.15) is 4.31 Å². The van der Waals surface area contributed by atoms with Gasteiger partial charge in [-0.15, -0.1) is 0 Å². The summed E-state index contributed by atoms with van der Waals surface area (Å²) in [6.07, 6.45) is 4.47. The molecule has 1 aliphatic carbocycles. The Kier molecular flexibility index (Phi) is 5.25. The summed E-state index contributed by atoms with van der Waals surface area (Å²) in [4.78, 5) is 13.0. The smallest absolute Gasteiger partial charge is 0.243 e. The van der Waals surface area contributed by atoms with Crippen LogP contribution in [-0.2, 0) is 27.7 Å². The lowest BCUT2D eigenvalue weighted by atomic mass is 9.97. The number of hydrogen-bond donors (Lipinski definition) is 1. The van der Waals surface area contributed by atoms with E-state index in [2.05, 4.69) is 17.4 Å². The van der Waals surface area contributed by atoms with Gasteiger partial charge in [0.15, 0.2) is 0 Å². The Morgan fingerprint density at radius 2 is 1.68 bits per heavy atom. The second kappa shape index (κ2) is 7.68. The molecule has 2 aromatic rings. The van der Waals surface area contributed by atoms with Crippen molar-refractivity contribution in [1.82, 2.24) is 4.31 Å². The van der Waals surface area contributed by atoms with Crippen LogP contribution in [-0.4, -0.2) is 31.7 Å². The highest BCUT2D eigenvalue weighted by molar-refractivity contribution is 7.89. The summed E-state index contributed by atoms with van der Waals surface area (Å²) in [6, 6.07) is 13.1. The van der Waals surface area contributed by atoms with E-state index in [-0.39, 0.29) is 11.8 Å². The summed E-state index contributed by atoms with van der Waals surface area (Å²) in [5.41, 5.74) is 4.59. The van der Waals surface area contributed by atoms with Crippen LogP contribution in [0.4, 0.5) is 5.69 Å². The Bertz CT molecular complexity index is 975. The topological polar surface area (TPSA) is 66.5 Å². The number of piperidine rings is 1. The first-order chi connectivity index (χ1) is 13.4. The Balaban J connectivity index is 1.37. The summed E-state index contributed by atoms with van der Waals surface area (Å²) in [5.74, 6) is -0.164. The van der Waals surface area contributed by atoms with E-state index in [1.807, 2.05) is 25.1 Å². The largest absolute Gasteiger partial charge is 0.326 e. The van der Waals surface area contributed by atoms with Crippen molar-refractivity contribution in [2.75, 3.05) is 18.4 Å². The molecule has 0 radical (unpaired) electrons. The highest BCUT2D eigenvalue weighted by atomic mass is 32.2. The van der Waals surface area contributed by atoms with E-state index < -0.39 is 10.0 Å². The van der Waals surface area contributed by atoms with Crippen molar-refractivity contribution in [1.29, 1.82) is 0 Å². The second-order valence-corrected chi connectivity index (χ2v) is 9.76. The molecular formula is C22H26N2O3S. The minimum Gasteiger partial charge on any atom is -0.326 e. The first-order valence-corrected chi connectivity index (χ1v) is 11.4. The predicted molar refractivity (Wildman–Crippen MR) is 110 cm³/mol. The fourth-order valence-electron chi connectivity index (χ4n) is 4.11. The number of fused-ring (bicyclic) bond motifs is 1. The summed E-state index contributed by atoms with van der Waals surface area (Å²) >= 11 is 0. The van der Waals surface area contributed by atoms with Crippen molar-refractivity contribution < 1.29 is 13.2 Å². The van der Waals surface area contributed by atoms with Crippen LogP contribution in [0.5, 0.6) is 0 Å². The van der Waals surface area contributed by atoms with Crippen molar-refractivity contribution in [3.8, 4) is 0 Å². The number of nitrogens with zero attached hydrogens (tertiary/aromatic N) is 1. The highest BCUT2D eigenvalue weighted by Crippen LogP contribution is 2.27. The molecule has 0 spiro atoms. The number of carbonyl (C=O) groups excluding carboxylic acids is 1. The van der Waals surface area contributed by atoms with E-state index in [1.54, 1.807) is 12.1 Å². The van der Waals surface area contributed by atoms with Crippen LogP contribution in [0.2, 0.25) is 0 Å². The van der Waals surface area contributed by atoms with Crippen LogP contribution in [0.1, 0.15) is 36.0 Å². The second-order valence-electron chi connectivity index (χ2n) is 7.82. The number of nitrogens with one attached hydrogen (secondary N) is 1. The third kappa shape index (κ3) is 3.84. The molecule has 1 fully saturated rings. The van der Waals surface area contributed by atoms with Crippen LogP contribution in [0.15, 0.2) is 47.4 Å². The number of aryl methyl sites for hydroxylation is 3. The van der Waals surface area contributed by atoms with Gasteiger partial charge < -0.3 is 5.32 Å². The van der Waals surface area contributed by atoms with Gasteiger partial charge >= 0.3 is 0 Å². The number of anilines is 1. The monoisotopic (exact) mass is 398 g/mol. The molecule has 1 saturated heterocycles. The van der Waals surface area contributed by atoms with E-state index in [1.165, 1.54) is 21.9 Å². The maximum atomic E-state index is 12.8. The molecular weight excluding hydrogens is 372 g/mol. The number of amides is 1. The predicted octanol–water partition coefficient (Wildman–Crippen LogP) is 3.52. The standard InChI is InChI=1S/C22H26N2O3S/c1-16-5-9-21(10-6-16)28(26,27)24-13-11-18(12-14-24)22(25)23-20-8-7-17-3-2-4-19(17)15-20/h5-10,15,18H,2-4,11-14H2,1H3,(H,23,25). The maximum absolute atomic E-state index is 12.8. The van der Waals surface area contributed by atoms with E-state index in [0.29, 0.717) is 30.8 Å². The Morgan fingerprint density at radius 1 is 1.00 bits per heavy atom. The summed E-state index contributed by atoms with van der Waals surface area (Å²) in [7, 11) is -3.49. The van der Waals surface area contributed by atoms with E-state index in [0.717, 1.165) is 24.1 Å². The molecule has 5 nitrogen and oxygen atoms in total. The number of benzene rings is 2. The molecule has 2 aromatic carbocycles. The van der Waals surface area contributed by atoms with Crippen molar-refractivity contribution >= 4 is 21.6 Å². The summed E-state index contributed by atoms with van der Waals surface area (Å²) < 4.78 is 27.1. The molecule has 28 heavy (non-hydrogen) atoms. The number of hydrogen-bond acceptors (Lipinski definition) is 3. The van der Waals surface area contributed by atoms with Gasteiger partial charge in [0.2, 0.25) is 15.9 Å². The molecule has 0 unspecified atom stereocenters. The van der Waals surface area contributed by atoms with Crippen LogP contribution < -0.4 is 5.32 Å². The first kappa shape index (κ1) is 19.2. The van der Waals surface area contributed by atoms with Crippen LogP contribution in [0.25, 0.3) is 0 Å². The Hall–Kier alpha value is -2.18. The zero-order valence-electron chi connectivity index (χ0n) is 16.1. The van der Waals surface area contributed by atoms with Crippen LogP contribution >= 0.6 is 0 Å². The molecule has 1 aliphatic heterocycles. The Labute approximate surface area is 166 Å². The molecule has 1 N–H and O–H groups in total. The molecule has 0 aromatic heterocycles. The molecule has 0 saturated carbocycles. The van der Waals surface area contributed by atoms with Gasteiger partial charge in [0, 0.05) is 24.7 Å². The molecule has 4 rings (SSSR count). The zero-order valence-corrected chi connectivity index (χ0v) is 17.0. The quantitative estimate of drug-likeness (QED) is 0.857. The number of rotatable bonds is 4. The van der Waals surface area contributed by atoms with Gasteiger partial charge in [-0.1, -0.05) is 23.8 Å².